The van der Waals surface area contributed by atoms with Crippen LogP contribution in [0.2, 0.25) is 5.02 Å². The number of hydrogen-bond acceptors (Lipinski definition) is 4. The number of benzene rings is 1. The zero-order valence-electron chi connectivity index (χ0n) is 8.57. The molecule has 0 fully saturated rings. The van der Waals surface area contributed by atoms with E-state index in [1.54, 1.807) is 12.1 Å². The van der Waals surface area contributed by atoms with Crippen LogP contribution in [0.3, 0.4) is 0 Å². The maximum absolute atomic E-state index is 11.0. The summed E-state index contributed by atoms with van der Waals surface area (Å²) in [5, 5.41) is 6.89. The van der Waals surface area contributed by atoms with E-state index in [-0.39, 0.29) is 0 Å². The molecule has 2 rings (SSSR count). The van der Waals surface area contributed by atoms with Crippen LogP contribution in [0.4, 0.5) is 0 Å². The van der Waals surface area contributed by atoms with Crippen LogP contribution in [0.1, 0.15) is 5.56 Å². The highest BCUT2D eigenvalue weighted by atomic mass is 35.5. The molecule has 0 saturated heterocycles. The van der Waals surface area contributed by atoms with E-state index in [2.05, 4.69) is 15.2 Å². The Hall–Kier alpha value is -1.53. The number of nitrogens with zero attached hydrogens (tertiary/aromatic N) is 1. The first-order chi connectivity index (χ1) is 8.15. The molecule has 0 aliphatic heterocycles. The molecule has 88 valence electrons. The monoisotopic (exact) mass is 269 g/mol. The van der Waals surface area contributed by atoms with E-state index < -0.39 is 11.1 Å². The van der Waals surface area contributed by atoms with Gasteiger partial charge in [-0.3, -0.25) is 14.6 Å². The SMILES string of the molecule is O=c1[nH]nc(SCc2ccc(Cl)cc2)[nH]c1=O. The molecule has 0 aliphatic rings. The second-order valence-corrected chi connectivity index (χ2v) is 4.63. The molecule has 0 radical (unpaired) electrons. The molecule has 0 aliphatic carbocycles. The number of aromatic nitrogens is 3. The molecule has 0 spiro atoms. The van der Waals surface area contributed by atoms with E-state index in [9.17, 15) is 9.59 Å². The van der Waals surface area contributed by atoms with Gasteiger partial charge in [-0.1, -0.05) is 35.5 Å². The average molecular weight is 270 g/mol. The number of nitrogens with one attached hydrogen (secondary N) is 2. The van der Waals surface area contributed by atoms with Gasteiger partial charge in [-0.15, -0.1) is 5.10 Å². The van der Waals surface area contributed by atoms with Gasteiger partial charge in [0.1, 0.15) is 0 Å². The van der Waals surface area contributed by atoms with Crippen LogP contribution in [0.5, 0.6) is 0 Å². The molecule has 0 saturated carbocycles. The number of hydrogen-bond donors (Lipinski definition) is 2. The predicted octanol–water partition coefficient (Wildman–Crippen LogP) is 1.40. The minimum absolute atomic E-state index is 0.379. The van der Waals surface area contributed by atoms with Crippen LogP contribution in [-0.4, -0.2) is 15.2 Å². The Morgan fingerprint density at radius 3 is 2.53 bits per heavy atom. The van der Waals surface area contributed by atoms with Crippen molar-refractivity contribution in [2.45, 2.75) is 10.9 Å². The molecule has 0 atom stereocenters. The average Bonchev–Trinajstić information content (AvgIpc) is 2.33. The van der Waals surface area contributed by atoms with Gasteiger partial charge < -0.3 is 0 Å². The zero-order chi connectivity index (χ0) is 12.3. The van der Waals surface area contributed by atoms with Crippen molar-refractivity contribution >= 4 is 23.4 Å². The Morgan fingerprint density at radius 2 is 1.88 bits per heavy atom. The highest BCUT2D eigenvalue weighted by Crippen LogP contribution is 2.18. The van der Waals surface area contributed by atoms with E-state index >= 15 is 0 Å². The van der Waals surface area contributed by atoms with Gasteiger partial charge in [-0.05, 0) is 17.7 Å². The number of rotatable bonds is 3. The summed E-state index contributed by atoms with van der Waals surface area (Å²) in [7, 11) is 0. The fraction of sp³-hybridized carbons (Fsp3) is 0.100. The van der Waals surface area contributed by atoms with Crippen LogP contribution in [0.25, 0.3) is 0 Å². The smallest absolute Gasteiger partial charge is 0.295 e. The van der Waals surface area contributed by atoms with Crippen molar-refractivity contribution in [3.05, 3.63) is 55.6 Å². The van der Waals surface area contributed by atoms with Crippen LogP contribution >= 0.6 is 23.4 Å². The van der Waals surface area contributed by atoms with E-state index in [0.29, 0.717) is 15.9 Å². The minimum Gasteiger partial charge on any atom is -0.295 e. The van der Waals surface area contributed by atoms with Gasteiger partial charge in [0.2, 0.25) is 0 Å². The molecule has 0 bridgehead atoms. The lowest BCUT2D eigenvalue weighted by Crippen LogP contribution is -2.30. The fourth-order valence-corrected chi connectivity index (χ4v) is 2.03. The lowest BCUT2D eigenvalue weighted by atomic mass is 10.2. The summed E-state index contributed by atoms with van der Waals surface area (Å²) in [6, 6.07) is 7.36. The Morgan fingerprint density at radius 1 is 1.18 bits per heavy atom. The van der Waals surface area contributed by atoms with Gasteiger partial charge in [0.05, 0.1) is 0 Å². The zero-order valence-corrected chi connectivity index (χ0v) is 10.1. The Bertz CT molecular complexity index is 620. The van der Waals surface area contributed by atoms with Crippen molar-refractivity contribution in [2.75, 3.05) is 0 Å². The van der Waals surface area contributed by atoms with Crippen molar-refractivity contribution in [3.63, 3.8) is 0 Å². The predicted molar refractivity (Wildman–Crippen MR) is 66.5 cm³/mol. The molecule has 17 heavy (non-hydrogen) atoms. The molecule has 2 N–H and O–H groups in total. The van der Waals surface area contributed by atoms with E-state index in [4.69, 9.17) is 11.6 Å². The van der Waals surface area contributed by atoms with Gasteiger partial charge >= 0.3 is 11.1 Å². The largest absolute Gasteiger partial charge is 0.329 e. The van der Waals surface area contributed by atoms with Gasteiger partial charge in [0.25, 0.3) is 0 Å². The molecule has 1 heterocycles. The summed E-state index contributed by atoms with van der Waals surface area (Å²) in [6.07, 6.45) is 0. The highest BCUT2D eigenvalue weighted by molar-refractivity contribution is 7.98. The van der Waals surface area contributed by atoms with Gasteiger partial charge in [-0.25, -0.2) is 5.10 Å². The Kier molecular flexibility index (Phi) is 3.65. The summed E-state index contributed by atoms with van der Waals surface area (Å²) < 4.78 is 0. The molecular weight excluding hydrogens is 262 g/mol. The third-order valence-corrected chi connectivity index (χ3v) is 3.17. The van der Waals surface area contributed by atoms with Crippen molar-refractivity contribution in [1.82, 2.24) is 15.2 Å². The quantitative estimate of drug-likeness (QED) is 0.652. The summed E-state index contributed by atoms with van der Waals surface area (Å²) in [4.78, 5) is 24.2. The number of aromatic amines is 2. The van der Waals surface area contributed by atoms with Gasteiger partial charge in [0.15, 0.2) is 5.16 Å². The van der Waals surface area contributed by atoms with Crippen molar-refractivity contribution in [2.24, 2.45) is 0 Å². The summed E-state index contributed by atoms with van der Waals surface area (Å²) in [5.41, 5.74) is -0.396. The molecule has 1 aromatic heterocycles. The highest BCUT2D eigenvalue weighted by Gasteiger charge is 2.01. The molecule has 7 heteroatoms. The minimum atomic E-state index is -0.749. The maximum Gasteiger partial charge on any atom is 0.329 e. The van der Waals surface area contributed by atoms with E-state index in [1.807, 2.05) is 12.1 Å². The standard InChI is InChI=1S/C10H8ClN3O2S/c11-7-3-1-6(2-4-7)5-17-10-12-8(15)9(16)13-14-10/h1-4H,5H2,(H,13,16)(H,12,14,15). The van der Waals surface area contributed by atoms with Crippen molar-refractivity contribution < 1.29 is 0 Å². The lowest BCUT2D eigenvalue weighted by molar-refractivity contribution is 0.790. The molecular formula is C10H8ClN3O2S. The maximum atomic E-state index is 11.0. The number of H-pyrrole nitrogens is 2. The van der Waals surface area contributed by atoms with Gasteiger partial charge in [-0.2, -0.15) is 0 Å². The Balaban J connectivity index is 2.07. The lowest BCUT2D eigenvalue weighted by Gasteiger charge is -2.00. The molecule has 2 aromatic rings. The third kappa shape index (κ3) is 3.21. The topological polar surface area (TPSA) is 78.6 Å². The van der Waals surface area contributed by atoms with Gasteiger partial charge in [0, 0.05) is 10.8 Å². The van der Waals surface area contributed by atoms with Crippen LogP contribution in [0.15, 0.2) is 39.0 Å². The Labute approximate surface area is 105 Å². The molecule has 0 amide bonds. The van der Waals surface area contributed by atoms with Crippen LogP contribution < -0.4 is 11.1 Å². The van der Waals surface area contributed by atoms with E-state index in [0.717, 1.165) is 5.56 Å². The third-order valence-electron chi connectivity index (χ3n) is 1.97. The summed E-state index contributed by atoms with van der Waals surface area (Å²) >= 11 is 7.08. The molecule has 1 aromatic carbocycles. The molecule has 5 nitrogen and oxygen atoms in total. The van der Waals surface area contributed by atoms with Crippen molar-refractivity contribution in [1.29, 1.82) is 0 Å². The fourth-order valence-electron chi connectivity index (χ4n) is 1.13. The first-order valence-electron chi connectivity index (χ1n) is 4.71. The second kappa shape index (κ2) is 5.20. The first kappa shape index (κ1) is 11.9. The number of halogens is 1. The number of thioether (sulfide) groups is 1. The van der Waals surface area contributed by atoms with Crippen LogP contribution in [0, 0.1) is 0 Å². The normalized spacial score (nSPS) is 10.4. The summed E-state index contributed by atoms with van der Waals surface area (Å²) in [6.45, 7) is 0. The molecule has 0 unspecified atom stereocenters. The van der Waals surface area contributed by atoms with Crippen molar-refractivity contribution in [3.8, 4) is 0 Å². The second-order valence-electron chi connectivity index (χ2n) is 3.23. The van der Waals surface area contributed by atoms with E-state index in [1.165, 1.54) is 11.8 Å². The van der Waals surface area contributed by atoms with Crippen LogP contribution in [-0.2, 0) is 5.75 Å². The first-order valence-corrected chi connectivity index (χ1v) is 6.08. The summed E-state index contributed by atoms with van der Waals surface area (Å²) in [5.74, 6) is 0.631.